The van der Waals surface area contributed by atoms with E-state index in [4.69, 9.17) is 4.74 Å². The number of piperidine rings is 1. The minimum atomic E-state index is -0.460. The number of hydrazone groups is 1. The Morgan fingerprint density at radius 1 is 1.48 bits per heavy atom. The Balaban J connectivity index is 1.82. The molecule has 3 atom stereocenters. The maximum absolute atomic E-state index is 12.6. The number of nitrogens with one attached hydrogen (secondary N) is 1. The van der Waals surface area contributed by atoms with Gasteiger partial charge in [0.05, 0.1) is 16.8 Å². The summed E-state index contributed by atoms with van der Waals surface area (Å²) >= 11 is 1.75. The molecule has 5 nitrogen and oxygen atoms in total. The van der Waals surface area contributed by atoms with E-state index < -0.39 is 5.60 Å². The number of nitrogens with zero attached hydrogens (tertiary/aromatic N) is 2. The molecule has 0 saturated carbocycles. The average Bonchev–Trinajstić information content (AvgIpc) is 3.01. The Hall–Kier alpha value is -1.56. The summed E-state index contributed by atoms with van der Waals surface area (Å²) in [5.41, 5.74) is 4.38. The quantitative estimate of drug-likeness (QED) is 0.802. The molecule has 0 aliphatic carbocycles. The molecule has 6 heteroatoms. The van der Waals surface area contributed by atoms with Gasteiger partial charge in [-0.25, -0.2) is 4.79 Å². The smallest absolute Gasteiger partial charge is 0.410 e. The third-order valence-corrected chi connectivity index (χ3v) is 5.37. The Kier molecular flexibility index (Phi) is 4.12. The van der Waals surface area contributed by atoms with Gasteiger partial charge in [0, 0.05) is 12.6 Å². The zero-order chi connectivity index (χ0) is 16.8. The van der Waals surface area contributed by atoms with Crippen molar-refractivity contribution in [2.45, 2.75) is 51.8 Å². The summed E-state index contributed by atoms with van der Waals surface area (Å²) < 4.78 is 7.73. The van der Waals surface area contributed by atoms with Gasteiger partial charge >= 0.3 is 6.09 Å². The van der Waals surface area contributed by atoms with Gasteiger partial charge in [0.2, 0.25) is 5.71 Å². The molecule has 1 N–H and O–H groups in total. The fourth-order valence-electron chi connectivity index (χ4n) is 3.51. The van der Waals surface area contributed by atoms with E-state index in [2.05, 4.69) is 41.6 Å². The number of hydrogen-bond acceptors (Lipinski definition) is 4. The fourth-order valence-corrected chi connectivity index (χ4v) is 4.38. The second kappa shape index (κ2) is 5.82. The van der Waals surface area contributed by atoms with E-state index in [-0.39, 0.29) is 12.1 Å². The topological polar surface area (TPSA) is 44.6 Å². The van der Waals surface area contributed by atoms with Crippen molar-refractivity contribution in [3.05, 3.63) is 22.4 Å². The summed E-state index contributed by atoms with van der Waals surface area (Å²) in [5, 5.41) is 2.10. The molecule has 23 heavy (non-hydrogen) atoms. The lowest BCUT2D eigenvalue weighted by molar-refractivity contribution is -0.555. The first-order chi connectivity index (χ1) is 10.8. The van der Waals surface area contributed by atoms with E-state index >= 15 is 0 Å². The molecule has 0 radical (unpaired) electrons. The minimum Gasteiger partial charge on any atom is -0.444 e. The van der Waals surface area contributed by atoms with Crippen molar-refractivity contribution in [1.82, 2.24) is 10.3 Å². The number of thiophene rings is 1. The summed E-state index contributed by atoms with van der Waals surface area (Å²) in [6.07, 6.45) is 0.729. The molecular weight excluding hydrogens is 310 g/mol. The number of carbonyl (C=O) groups is 1. The zero-order valence-corrected chi connectivity index (χ0v) is 15.3. The number of hydrogen-bond donors (Lipinski definition) is 1. The standard InChI is InChI=1S/C17H26N3O2S/c1-11-9-13-12(10-20(11)16(21)22-17(2,3)4)15(19(5)18-13)14-7-6-8-23-14/h6-8,11-13,18H,9-10H2,1-5H3/q+1/t11-,12?,13?/m0/s1. The number of rotatable bonds is 1. The maximum Gasteiger partial charge on any atom is 0.410 e. The highest BCUT2D eigenvalue weighted by molar-refractivity contribution is 7.12. The molecule has 2 unspecified atom stereocenters. The second-order valence-corrected chi connectivity index (χ2v) is 8.43. The summed E-state index contributed by atoms with van der Waals surface area (Å²) in [6.45, 7) is 8.54. The Labute approximate surface area is 141 Å². The SMILES string of the molecule is C[C@H]1CC2N[N+](C)=C(c3cccs3)C2CN1C(=O)OC(C)(C)C. The van der Waals surface area contributed by atoms with Crippen LogP contribution < -0.4 is 5.43 Å². The maximum atomic E-state index is 12.6. The van der Waals surface area contributed by atoms with Crippen molar-refractivity contribution in [1.29, 1.82) is 0 Å². The molecule has 1 aromatic rings. The molecule has 0 bridgehead atoms. The third kappa shape index (κ3) is 3.22. The summed E-state index contributed by atoms with van der Waals surface area (Å²) in [4.78, 5) is 15.7. The van der Waals surface area contributed by atoms with Crippen molar-refractivity contribution in [3.8, 4) is 0 Å². The molecule has 2 aliphatic rings. The zero-order valence-electron chi connectivity index (χ0n) is 14.5. The van der Waals surface area contributed by atoms with Gasteiger partial charge in [-0.3, -0.25) is 0 Å². The predicted molar refractivity (Wildman–Crippen MR) is 92.0 cm³/mol. The molecule has 1 fully saturated rings. The molecule has 3 rings (SSSR count). The lowest BCUT2D eigenvalue weighted by Gasteiger charge is -2.38. The Bertz CT molecular complexity index is 618. The summed E-state index contributed by atoms with van der Waals surface area (Å²) in [6, 6.07) is 4.78. The first-order valence-electron chi connectivity index (χ1n) is 8.16. The van der Waals surface area contributed by atoms with Gasteiger partial charge < -0.3 is 9.64 Å². The van der Waals surface area contributed by atoms with Crippen LogP contribution in [0.4, 0.5) is 4.79 Å². The molecule has 1 amide bonds. The van der Waals surface area contributed by atoms with Crippen LogP contribution in [0.3, 0.4) is 0 Å². The van der Waals surface area contributed by atoms with Gasteiger partial charge in [-0.2, -0.15) is 5.43 Å². The van der Waals surface area contributed by atoms with Crippen molar-refractivity contribution in [2.24, 2.45) is 5.92 Å². The first kappa shape index (κ1) is 16.3. The second-order valence-electron chi connectivity index (χ2n) is 7.48. The van der Waals surface area contributed by atoms with E-state index in [1.807, 2.05) is 25.7 Å². The van der Waals surface area contributed by atoms with Crippen molar-refractivity contribution >= 4 is 23.1 Å². The number of carbonyl (C=O) groups excluding carboxylic acids is 1. The highest BCUT2D eigenvalue weighted by atomic mass is 32.1. The highest BCUT2D eigenvalue weighted by Crippen LogP contribution is 2.31. The van der Waals surface area contributed by atoms with Crippen LogP contribution in [0.1, 0.15) is 39.0 Å². The summed E-state index contributed by atoms with van der Waals surface area (Å²) in [5.74, 6) is 0.308. The fraction of sp³-hybridized carbons (Fsp3) is 0.647. The van der Waals surface area contributed by atoms with Gasteiger partial charge in [0.15, 0.2) is 7.05 Å². The Morgan fingerprint density at radius 3 is 2.83 bits per heavy atom. The van der Waals surface area contributed by atoms with Crippen LogP contribution in [-0.2, 0) is 4.74 Å². The predicted octanol–water partition coefficient (Wildman–Crippen LogP) is 2.71. The number of ether oxygens (including phenoxy) is 1. The van der Waals surface area contributed by atoms with Gasteiger partial charge in [0.25, 0.3) is 0 Å². The number of likely N-dealkylation sites (tertiary alicyclic amines) is 1. The molecule has 0 aromatic carbocycles. The van der Waals surface area contributed by atoms with Gasteiger partial charge in [-0.15, -0.1) is 16.0 Å². The lowest BCUT2D eigenvalue weighted by Crippen LogP contribution is -2.54. The number of hydrazine groups is 1. The monoisotopic (exact) mass is 336 g/mol. The molecule has 1 saturated heterocycles. The summed E-state index contributed by atoms with van der Waals surface area (Å²) in [7, 11) is 2.07. The first-order valence-corrected chi connectivity index (χ1v) is 9.04. The molecular formula is C17H26N3O2S+. The van der Waals surface area contributed by atoms with Crippen LogP contribution in [-0.4, -0.2) is 52.7 Å². The van der Waals surface area contributed by atoms with Crippen LogP contribution in [0, 0.1) is 5.92 Å². The van der Waals surface area contributed by atoms with Crippen molar-refractivity contribution in [2.75, 3.05) is 13.6 Å². The van der Waals surface area contributed by atoms with Crippen LogP contribution in [0.2, 0.25) is 0 Å². The molecule has 126 valence electrons. The van der Waals surface area contributed by atoms with E-state index in [9.17, 15) is 4.79 Å². The van der Waals surface area contributed by atoms with Gasteiger partial charge in [-0.1, -0.05) is 6.07 Å². The van der Waals surface area contributed by atoms with E-state index in [0.29, 0.717) is 18.5 Å². The van der Waals surface area contributed by atoms with Crippen LogP contribution in [0.25, 0.3) is 0 Å². The number of fused-ring (bicyclic) bond motifs is 1. The highest BCUT2D eigenvalue weighted by Gasteiger charge is 2.48. The number of amides is 1. The molecule has 0 spiro atoms. The molecule has 3 heterocycles. The van der Waals surface area contributed by atoms with Crippen molar-refractivity contribution in [3.63, 3.8) is 0 Å². The van der Waals surface area contributed by atoms with Crippen LogP contribution >= 0.6 is 11.3 Å². The lowest BCUT2D eigenvalue weighted by atomic mass is 9.86. The van der Waals surface area contributed by atoms with Gasteiger partial charge in [-0.05, 0) is 45.6 Å². The van der Waals surface area contributed by atoms with E-state index in [1.54, 1.807) is 11.3 Å². The van der Waals surface area contributed by atoms with E-state index in [1.165, 1.54) is 10.6 Å². The average molecular weight is 336 g/mol. The normalized spacial score (nSPS) is 27.7. The minimum absolute atomic E-state index is 0.176. The largest absolute Gasteiger partial charge is 0.444 e. The third-order valence-electron chi connectivity index (χ3n) is 4.48. The van der Waals surface area contributed by atoms with E-state index in [0.717, 1.165) is 6.42 Å². The molecule has 2 aliphatic heterocycles. The van der Waals surface area contributed by atoms with Crippen LogP contribution in [0.5, 0.6) is 0 Å². The molecule has 1 aromatic heterocycles. The Morgan fingerprint density at radius 2 is 2.22 bits per heavy atom. The van der Waals surface area contributed by atoms with Crippen LogP contribution in [0.15, 0.2) is 17.5 Å². The van der Waals surface area contributed by atoms with Crippen molar-refractivity contribution < 1.29 is 14.2 Å². The van der Waals surface area contributed by atoms with Gasteiger partial charge in [0.1, 0.15) is 5.60 Å².